The molecule has 0 saturated heterocycles. The molecule has 0 spiro atoms. The zero-order chi connectivity index (χ0) is 12.1. The van der Waals surface area contributed by atoms with Crippen molar-refractivity contribution in [1.29, 1.82) is 0 Å². The molecule has 0 aliphatic carbocycles. The van der Waals surface area contributed by atoms with Crippen molar-refractivity contribution < 1.29 is 14.3 Å². The first kappa shape index (κ1) is 12.6. The van der Waals surface area contributed by atoms with Crippen LogP contribution in [0.15, 0.2) is 18.2 Å². The molecule has 0 radical (unpaired) electrons. The number of aliphatic carboxylic acids is 1. The van der Waals surface area contributed by atoms with E-state index in [0.717, 1.165) is 5.56 Å². The third-order valence-electron chi connectivity index (χ3n) is 2.09. The Bertz CT molecular complexity index is 377. The normalized spacial score (nSPS) is 10.8. The summed E-state index contributed by atoms with van der Waals surface area (Å²) in [4.78, 5) is 10.5. The van der Waals surface area contributed by atoms with Crippen LogP contribution in [0.5, 0.6) is 0 Å². The summed E-state index contributed by atoms with van der Waals surface area (Å²) in [7, 11) is 0. The third-order valence-corrected chi connectivity index (χ3v) is 2.09. The molecule has 88 valence electrons. The molecule has 16 heavy (non-hydrogen) atoms. The number of nitrogens with one attached hydrogen (secondary N) is 1. The number of benzene rings is 1. The fraction of sp³-hybridized carbons (Fsp3) is 0.417. The average Bonchev–Trinajstić information content (AvgIpc) is 2.12. The maximum Gasteiger partial charge on any atom is 0.307 e. The van der Waals surface area contributed by atoms with E-state index >= 15 is 0 Å². The van der Waals surface area contributed by atoms with Crippen LogP contribution < -0.4 is 5.32 Å². The first-order valence-corrected chi connectivity index (χ1v) is 5.21. The second kappa shape index (κ2) is 5.61. The zero-order valence-electron chi connectivity index (χ0n) is 9.46. The highest BCUT2D eigenvalue weighted by Crippen LogP contribution is 2.10. The van der Waals surface area contributed by atoms with Gasteiger partial charge < -0.3 is 10.4 Å². The van der Waals surface area contributed by atoms with Crippen molar-refractivity contribution in [2.45, 2.75) is 32.9 Å². The van der Waals surface area contributed by atoms with Crippen molar-refractivity contribution in [2.24, 2.45) is 0 Å². The van der Waals surface area contributed by atoms with Crippen LogP contribution in [0.2, 0.25) is 0 Å². The molecule has 3 nitrogen and oxygen atoms in total. The quantitative estimate of drug-likeness (QED) is 0.805. The molecular weight excluding hydrogens is 209 g/mol. The third kappa shape index (κ3) is 4.40. The van der Waals surface area contributed by atoms with Gasteiger partial charge in [0.1, 0.15) is 5.82 Å². The van der Waals surface area contributed by atoms with Crippen LogP contribution in [-0.2, 0) is 17.8 Å². The summed E-state index contributed by atoms with van der Waals surface area (Å²) in [6.45, 7) is 4.54. The van der Waals surface area contributed by atoms with E-state index in [2.05, 4.69) is 5.32 Å². The van der Waals surface area contributed by atoms with Gasteiger partial charge >= 0.3 is 5.97 Å². The van der Waals surface area contributed by atoms with Gasteiger partial charge in [0, 0.05) is 12.6 Å². The predicted molar refractivity (Wildman–Crippen MR) is 59.7 cm³/mol. The highest BCUT2D eigenvalue weighted by molar-refractivity contribution is 5.70. The molecule has 0 fully saturated rings. The summed E-state index contributed by atoms with van der Waals surface area (Å²) in [6, 6.07) is 4.70. The van der Waals surface area contributed by atoms with Crippen molar-refractivity contribution >= 4 is 5.97 Å². The van der Waals surface area contributed by atoms with Gasteiger partial charge in [0.15, 0.2) is 0 Å². The smallest absolute Gasteiger partial charge is 0.307 e. The second-order valence-corrected chi connectivity index (χ2v) is 4.07. The van der Waals surface area contributed by atoms with Gasteiger partial charge in [-0.2, -0.15) is 0 Å². The van der Waals surface area contributed by atoms with E-state index in [-0.39, 0.29) is 12.2 Å². The summed E-state index contributed by atoms with van der Waals surface area (Å²) in [5.74, 6) is -1.34. The van der Waals surface area contributed by atoms with Gasteiger partial charge in [-0.15, -0.1) is 0 Å². The predicted octanol–water partition coefficient (Wildman–Crippen LogP) is 1.95. The van der Waals surface area contributed by atoms with Gasteiger partial charge in [-0.25, -0.2) is 4.39 Å². The van der Waals surface area contributed by atoms with Crippen LogP contribution in [0.1, 0.15) is 25.0 Å². The van der Waals surface area contributed by atoms with Crippen LogP contribution in [0.3, 0.4) is 0 Å². The maximum atomic E-state index is 13.2. The van der Waals surface area contributed by atoms with Crippen molar-refractivity contribution in [2.75, 3.05) is 0 Å². The topological polar surface area (TPSA) is 49.3 Å². The van der Waals surface area contributed by atoms with Crippen LogP contribution in [0, 0.1) is 5.82 Å². The zero-order valence-corrected chi connectivity index (χ0v) is 9.46. The van der Waals surface area contributed by atoms with E-state index in [4.69, 9.17) is 5.11 Å². The van der Waals surface area contributed by atoms with Gasteiger partial charge in [-0.1, -0.05) is 19.9 Å². The maximum absolute atomic E-state index is 13.2. The molecule has 4 heteroatoms. The van der Waals surface area contributed by atoms with Gasteiger partial charge in [-0.05, 0) is 23.3 Å². The molecule has 0 bridgehead atoms. The lowest BCUT2D eigenvalue weighted by Crippen LogP contribution is -2.22. The van der Waals surface area contributed by atoms with Crippen molar-refractivity contribution in [3.05, 3.63) is 35.1 Å². The van der Waals surface area contributed by atoms with E-state index < -0.39 is 5.97 Å². The molecule has 0 aromatic heterocycles. The molecule has 0 amide bonds. The van der Waals surface area contributed by atoms with Crippen LogP contribution in [0.4, 0.5) is 4.39 Å². The number of carbonyl (C=O) groups is 1. The van der Waals surface area contributed by atoms with Crippen LogP contribution in [0.25, 0.3) is 0 Å². The Morgan fingerprint density at radius 1 is 1.38 bits per heavy atom. The number of rotatable bonds is 5. The van der Waals surface area contributed by atoms with Crippen LogP contribution in [-0.4, -0.2) is 17.1 Å². The molecular formula is C12H16FNO2. The molecule has 0 aliphatic heterocycles. The summed E-state index contributed by atoms with van der Waals surface area (Å²) in [5, 5.41) is 11.8. The summed E-state index contributed by atoms with van der Waals surface area (Å²) in [5.41, 5.74) is 1.26. The van der Waals surface area contributed by atoms with E-state index in [9.17, 15) is 9.18 Å². The molecule has 1 rings (SSSR count). The Kier molecular flexibility index (Phi) is 4.43. The van der Waals surface area contributed by atoms with Gasteiger partial charge in [-0.3, -0.25) is 4.79 Å². The minimum Gasteiger partial charge on any atom is -0.481 e. The number of hydrogen-bond donors (Lipinski definition) is 2. The Hall–Kier alpha value is -1.42. The molecule has 2 N–H and O–H groups in total. The molecule has 0 saturated carbocycles. The highest BCUT2D eigenvalue weighted by Gasteiger charge is 2.05. The second-order valence-electron chi connectivity index (χ2n) is 4.07. The number of carboxylic acids is 1. The Balaban J connectivity index is 2.77. The first-order chi connectivity index (χ1) is 7.47. The summed E-state index contributed by atoms with van der Waals surface area (Å²) >= 11 is 0. The fourth-order valence-electron chi connectivity index (χ4n) is 1.42. The Labute approximate surface area is 94.3 Å². The Morgan fingerprint density at radius 3 is 2.56 bits per heavy atom. The van der Waals surface area contributed by atoms with Crippen molar-refractivity contribution in [3.8, 4) is 0 Å². The summed E-state index contributed by atoms with van der Waals surface area (Å²) < 4.78 is 13.2. The molecule has 1 aromatic rings. The van der Waals surface area contributed by atoms with Gasteiger partial charge in [0.2, 0.25) is 0 Å². The number of carboxylic acid groups (broad SMARTS) is 1. The van der Waals surface area contributed by atoms with E-state index in [0.29, 0.717) is 18.2 Å². The lowest BCUT2D eigenvalue weighted by Gasteiger charge is -2.09. The molecule has 0 unspecified atom stereocenters. The summed E-state index contributed by atoms with van der Waals surface area (Å²) in [6.07, 6.45) is -0.146. The Morgan fingerprint density at radius 2 is 2.00 bits per heavy atom. The number of halogens is 1. The molecule has 0 aliphatic rings. The molecule has 1 aromatic carbocycles. The fourth-order valence-corrected chi connectivity index (χ4v) is 1.42. The van der Waals surface area contributed by atoms with E-state index in [1.165, 1.54) is 12.1 Å². The minimum atomic E-state index is -0.951. The lowest BCUT2D eigenvalue weighted by molar-refractivity contribution is -0.136. The SMILES string of the molecule is CC(C)NCc1cc(F)cc(CC(=O)O)c1. The van der Waals surface area contributed by atoms with Gasteiger partial charge in [0.25, 0.3) is 0 Å². The highest BCUT2D eigenvalue weighted by atomic mass is 19.1. The minimum absolute atomic E-state index is 0.146. The molecule has 0 atom stereocenters. The number of hydrogen-bond acceptors (Lipinski definition) is 2. The lowest BCUT2D eigenvalue weighted by atomic mass is 10.1. The standard InChI is InChI=1S/C12H16FNO2/c1-8(2)14-7-10-3-9(6-12(15)16)4-11(13)5-10/h3-5,8,14H,6-7H2,1-2H3,(H,15,16). The van der Waals surface area contributed by atoms with Crippen LogP contribution >= 0.6 is 0 Å². The van der Waals surface area contributed by atoms with Gasteiger partial charge in [0.05, 0.1) is 6.42 Å². The monoisotopic (exact) mass is 225 g/mol. The van der Waals surface area contributed by atoms with E-state index in [1.54, 1.807) is 6.07 Å². The van der Waals surface area contributed by atoms with Crippen molar-refractivity contribution in [3.63, 3.8) is 0 Å². The largest absolute Gasteiger partial charge is 0.481 e. The first-order valence-electron chi connectivity index (χ1n) is 5.21. The van der Waals surface area contributed by atoms with Crippen molar-refractivity contribution in [1.82, 2.24) is 5.32 Å². The van der Waals surface area contributed by atoms with E-state index in [1.807, 2.05) is 13.8 Å². The molecule has 0 heterocycles. The average molecular weight is 225 g/mol.